The molecule has 0 spiro atoms. The number of nitrogens with zero attached hydrogens (tertiary/aromatic N) is 1. The lowest BCUT2D eigenvalue weighted by Gasteiger charge is -2.30. The summed E-state index contributed by atoms with van der Waals surface area (Å²) in [5.74, 6) is 0. The van der Waals surface area contributed by atoms with Crippen LogP contribution in [0.25, 0.3) is 0 Å². The number of aliphatic hydroxyl groups excluding tert-OH is 1. The van der Waals surface area contributed by atoms with E-state index in [1.807, 2.05) is 0 Å². The van der Waals surface area contributed by atoms with Gasteiger partial charge in [-0.3, -0.25) is 4.90 Å². The van der Waals surface area contributed by atoms with E-state index in [4.69, 9.17) is 0 Å². The maximum atomic E-state index is 9.80. The van der Waals surface area contributed by atoms with Gasteiger partial charge in [-0.05, 0) is 43.4 Å². The lowest BCUT2D eigenvalue weighted by molar-refractivity contribution is 0.142. The third-order valence-corrected chi connectivity index (χ3v) is 5.02. The summed E-state index contributed by atoms with van der Waals surface area (Å²) in [4.78, 5) is 2.59. The van der Waals surface area contributed by atoms with Gasteiger partial charge in [-0.2, -0.15) is 0 Å². The van der Waals surface area contributed by atoms with Crippen molar-refractivity contribution >= 4 is 0 Å². The number of benzene rings is 1. The monoisotopic (exact) mass is 274 g/mol. The van der Waals surface area contributed by atoms with Crippen molar-refractivity contribution in [2.75, 3.05) is 13.2 Å². The van der Waals surface area contributed by atoms with E-state index >= 15 is 0 Å². The van der Waals surface area contributed by atoms with Gasteiger partial charge < -0.3 is 10.4 Å². The molecule has 110 valence electrons. The van der Waals surface area contributed by atoms with Gasteiger partial charge >= 0.3 is 0 Å². The van der Waals surface area contributed by atoms with Crippen molar-refractivity contribution in [2.45, 2.75) is 57.3 Å². The lowest BCUT2D eigenvalue weighted by Crippen LogP contribution is -2.48. The molecule has 2 aliphatic rings. The Morgan fingerprint density at radius 1 is 1.30 bits per heavy atom. The van der Waals surface area contributed by atoms with Crippen LogP contribution in [0, 0.1) is 0 Å². The molecule has 3 nitrogen and oxygen atoms in total. The zero-order chi connectivity index (χ0) is 14.0. The van der Waals surface area contributed by atoms with E-state index in [9.17, 15) is 5.11 Å². The maximum absolute atomic E-state index is 9.80. The SMILES string of the molecule is CCCNC1(CO)CCC(N2Cc3ccccc3C2)C1. The molecule has 1 saturated carbocycles. The van der Waals surface area contributed by atoms with Crippen LogP contribution in [0.3, 0.4) is 0 Å². The fourth-order valence-electron chi connectivity index (χ4n) is 3.78. The van der Waals surface area contributed by atoms with E-state index in [1.165, 1.54) is 17.5 Å². The number of hydrogen-bond acceptors (Lipinski definition) is 3. The van der Waals surface area contributed by atoms with Gasteiger partial charge in [0, 0.05) is 24.7 Å². The minimum Gasteiger partial charge on any atom is -0.394 e. The standard InChI is InChI=1S/C17H26N2O/c1-2-9-18-17(13-20)8-7-16(10-17)19-11-14-5-3-4-6-15(14)12-19/h3-6,16,18,20H,2,7-13H2,1H3. The molecule has 1 aliphatic heterocycles. The first kappa shape index (κ1) is 14.1. The first-order valence-electron chi connectivity index (χ1n) is 7.93. The average Bonchev–Trinajstić information content (AvgIpc) is 3.09. The summed E-state index contributed by atoms with van der Waals surface area (Å²) in [5, 5.41) is 13.4. The summed E-state index contributed by atoms with van der Waals surface area (Å²) < 4.78 is 0. The molecule has 1 aromatic carbocycles. The Kier molecular flexibility index (Phi) is 4.11. The summed E-state index contributed by atoms with van der Waals surface area (Å²) in [6.07, 6.45) is 4.51. The highest BCUT2D eigenvalue weighted by Gasteiger charge is 2.41. The zero-order valence-corrected chi connectivity index (χ0v) is 12.4. The van der Waals surface area contributed by atoms with Gasteiger partial charge in [0.15, 0.2) is 0 Å². The molecular formula is C17H26N2O. The van der Waals surface area contributed by atoms with Crippen LogP contribution in [0.2, 0.25) is 0 Å². The van der Waals surface area contributed by atoms with Crippen LogP contribution in [0.1, 0.15) is 43.7 Å². The Balaban J connectivity index is 1.64. The van der Waals surface area contributed by atoms with E-state index in [0.717, 1.165) is 38.9 Å². The van der Waals surface area contributed by atoms with Crippen LogP contribution in [0.4, 0.5) is 0 Å². The molecule has 2 atom stereocenters. The van der Waals surface area contributed by atoms with Crippen LogP contribution < -0.4 is 5.32 Å². The first-order valence-corrected chi connectivity index (χ1v) is 7.93. The van der Waals surface area contributed by atoms with Crippen molar-refractivity contribution < 1.29 is 5.11 Å². The van der Waals surface area contributed by atoms with E-state index in [0.29, 0.717) is 6.04 Å². The maximum Gasteiger partial charge on any atom is 0.0613 e. The second-order valence-electron chi connectivity index (χ2n) is 6.44. The minimum atomic E-state index is -0.0323. The number of fused-ring (bicyclic) bond motifs is 1. The minimum absolute atomic E-state index is 0.0323. The molecule has 1 heterocycles. The molecule has 1 fully saturated rings. The van der Waals surface area contributed by atoms with Crippen molar-refractivity contribution in [1.82, 2.24) is 10.2 Å². The van der Waals surface area contributed by atoms with E-state index in [-0.39, 0.29) is 12.1 Å². The Bertz CT molecular complexity index is 437. The van der Waals surface area contributed by atoms with Crippen LogP contribution in [0.15, 0.2) is 24.3 Å². The van der Waals surface area contributed by atoms with Crippen molar-refractivity contribution in [2.24, 2.45) is 0 Å². The Morgan fingerprint density at radius 3 is 2.60 bits per heavy atom. The number of nitrogens with one attached hydrogen (secondary N) is 1. The molecule has 0 saturated heterocycles. The molecule has 3 heteroatoms. The second kappa shape index (κ2) is 5.84. The van der Waals surface area contributed by atoms with Crippen molar-refractivity contribution in [3.63, 3.8) is 0 Å². The molecule has 1 aliphatic carbocycles. The zero-order valence-electron chi connectivity index (χ0n) is 12.4. The van der Waals surface area contributed by atoms with Crippen molar-refractivity contribution in [1.29, 1.82) is 0 Å². The van der Waals surface area contributed by atoms with E-state index in [1.54, 1.807) is 0 Å². The summed E-state index contributed by atoms with van der Waals surface area (Å²) in [7, 11) is 0. The molecule has 0 radical (unpaired) electrons. The topological polar surface area (TPSA) is 35.5 Å². The lowest BCUT2D eigenvalue weighted by atomic mass is 9.98. The Morgan fingerprint density at radius 2 is 2.00 bits per heavy atom. The van der Waals surface area contributed by atoms with Gasteiger partial charge in [0.05, 0.1) is 6.61 Å². The predicted octanol–water partition coefficient (Wildman–Crippen LogP) is 2.29. The van der Waals surface area contributed by atoms with Gasteiger partial charge in [-0.1, -0.05) is 31.2 Å². The molecule has 0 amide bonds. The third-order valence-electron chi connectivity index (χ3n) is 5.02. The molecule has 0 aromatic heterocycles. The first-order chi connectivity index (χ1) is 9.76. The van der Waals surface area contributed by atoms with Crippen LogP contribution >= 0.6 is 0 Å². The summed E-state index contributed by atoms with van der Waals surface area (Å²) in [5.41, 5.74) is 2.93. The molecular weight excluding hydrogens is 248 g/mol. The second-order valence-corrected chi connectivity index (χ2v) is 6.44. The average molecular weight is 274 g/mol. The highest BCUT2D eigenvalue weighted by molar-refractivity contribution is 5.30. The largest absolute Gasteiger partial charge is 0.394 e. The number of hydrogen-bond donors (Lipinski definition) is 2. The van der Waals surface area contributed by atoms with Crippen molar-refractivity contribution in [3.05, 3.63) is 35.4 Å². The van der Waals surface area contributed by atoms with Gasteiger partial charge in [-0.25, -0.2) is 0 Å². The quantitative estimate of drug-likeness (QED) is 0.865. The van der Waals surface area contributed by atoms with Gasteiger partial charge in [0.25, 0.3) is 0 Å². The smallest absolute Gasteiger partial charge is 0.0613 e. The molecule has 1 aromatic rings. The number of aliphatic hydroxyl groups is 1. The third kappa shape index (κ3) is 2.62. The molecule has 3 rings (SSSR count). The predicted molar refractivity (Wildman–Crippen MR) is 81.4 cm³/mol. The normalized spacial score (nSPS) is 29.8. The van der Waals surface area contributed by atoms with Crippen LogP contribution in [-0.2, 0) is 13.1 Å². The molecule has 2 N–H and O–H groups in total. The molecule has 2 unspecified atom stereocenters. The van der Waals surface area contributed by atoms with Gasteiger partial charge in [0.2, 0.25) is 0 Å². The Labute approximate surface area is 122 Å². The summed E-state index contributed by atoms with van der Waals surface area (Å²) in [6.45, 7) is 5.62. The van der Waals surface area contributed by atoms with Gasteiger partial charge in [-0.15, -0.1) is 0 Å². The Hall–Kier alpha value is -0.900. The summed E-state index contributed by atoms with van der Waals surface area (Å²) >= 11 is 0. The summed E-state index contributed by atoms with van der Waals surface area (Å²) in [6, 6.07) is 9.38. The van der Waals surface area contributed by atoms with Crippen LogP contribution in [-0.4, -0.2) is 34.7 Å². The van der Waals surface area contributed by atoms with Crippen LogP contribution in [0.5, 0.6) is 0 Å². The molecule has 20 heavy (non-hydrogen) atoms. The highest BCUT2D eigenvalue weighted by Crippen LogP contribution is 2.36. The van der Waals surface area contributed by atoms with Crippen molar-refractivity contribution in [3.8, 4) is 0 Å². The molecule has 0 bridgehead atoms. The fourth-order valence-corrected chi connectivity index (χ4v) is 3.78. The van der Waals surface area contributed by atoms with E-state index in [2.05, 4.69) is 41.4 Å². The van der Waals surface area contributed by atoms with Gasteiger partial charge in [0.1, 0.15) is 0 Å². The highest BCUT2D eigenvalue weighted by atomic mass is 16.3. The number of rotatable bonds is 5. The van der Waals surface area contributed by atoms with E-state index < -0.39 is 0 Å². The fraction of sp³-hybridized carbons (Fsp3) is 0.647.